The van der Waals surface area contributed by atoms with E-state index in [1.807, 2.05) is 6.07 Å². The Hall–Kier alpha value is -7.16. The van der Waals surface area contributed by atoms with Gasteiger partial charge in [-0.3, -0.25) is 0 Å². The quantitative estimate of drug-likeness (QED) is 0.172. The summed E-state index contributed by atoms with van der Waals surface area (Å²) in [7, 11) is 0. The Morgan fingerprint density at radius 2 is 0.927 bits per heavy atom. The van der Waals surface area contributed by atoms with Crippen LogP contribution >= 0.6 is 0 Å². The molecule has 0 spiro atoms. The molecular formula is C53H35NO. The van der Waals surface area contributed by atoms with E-state index < -0.39 is 5.41 Å². The minimum Gasteiger partial charge on any atom is -0.455 e. The fourth-order valence-corrected chi connectivity index (χ4v) is 9.24. The van der Waals surface area contributed by atoms with Crippen molar-refractivity contribution in [3.8, 4) is 22.3 Å². The number of nitrogens with zero attached hydrogens (tertiary/aromatic N) is 1. The molecule has 0 aliphatic heterocycles. The van der Waals surface area contributed by atoms with Crippen LogP contribution in [0, 0.1) is 0 Å². The summed E-state index contributed by atoms with van der Waals surface area (Å²) in [6, 6.07) is 77.1. The van der Waals surface area contributed by atoms with Gasteiger partial charge in [-0.05, 0) is 69.1 Å². The Labute approximate surface area is 320 Å². The molecule has 1 aliphatic carbocycles. The average Bonchev–Trinajstić information content (AvgIpc) is 3.79. The molecule has 2 heteroatoms. The van der Waals surface area contributed by atoms with Crippen molar-refractivity contribution in [1.82, 2.24) is 0 Å². The molecule has 1 aromatic heterocycles. The van der Waals surface area contributed by atoms with E-state index in [0.29, 0.717) is 0 Å². The van der Waals surface area contributed by atoms with Crippen LogP contribution in [0.25, 0.3) is 55.0 Å². The van der Waals surface area contributed by atoms with Gasteiger partial charge in [0.1, 0.15) is 11.2 Å². The van der Waals surface area contributed by atoms with Gasteiger partial charge < -0.3 is 9.32 Å². The van der Waals surface area contributed by atoms with Crippen molar-refractivity contribution in [3.63, 3.8) is 0 Å². The van der Waals surface area contributed by atoms with Crippen LogP contribution in [0.3, 0.4) is 0 Å². The second kappa shape index (κ2) is 12.5. The van der Waals surface area contributed by atoms with E-state index in [2.05, 4.69) is 211 Å². The summed E-state index contributed by atoms with van der Waals surface area (Å²) in [5.74, 6) is 0. The normalized spacial score (nSPS) is 12.9. The van der Waals surface area contributed by atoms with Gasteiger partial charge >= 0.3 is 0 Å². The van der Waals surface area contributed by atoms with Crippen LogP contribution < -0.4 is 4.90 Å². The summed E-state index contributed by atoms with van der Waals surface area (Å²) in [6.07, 6.45) is 0. The number of anilines is 3. The molecular weight excluding hydrogens is 667 g/mol. The number of furan rings is 1. The maximum Gasteiger partial charge on any atom is 0.143 e. The standard InChI is InChI=1S/C53H35NO/c1-3-19-37(20-4-1)53(38-21-5-2-6-22-38)47-29-12-9-24-41(47)42-34-33-39(35-48(42)53)54(49-31-15-18-36-17-7-8-23-40(36)49)50-30-13-10-25-43(50)45-27-16-28-46-44-26-11-14-32-51(44)55-52(45)46/h1-35H. The highest BCUT2D eigenvalue weighted by atomic mass is 16.3. The Kier molecular flexibility index (Phi) is 7.11. The Morgan fingerprint density at radius 3 is 1.75 bits per heavy atom. The van der Waals surface area contributed by atoms with E-state index in [9.17, 15) is 0 Å². The molecule has 1 aliphatic rings. The molecule has 2 nitrogen and oxygen atoms in total. The average molecular weight is 702 g/mol. The largest absolute Gasteiger partial charge is 0.455 e. The van der Waals surface area contributed by atoms with E-state index >= 15 is 0 Å². The fraction of sp³-hybridized carbons (Fsp3) is 0.0189. The van der Waals surface area contributed by atoms with Gasteiger partial charge in [-0.15, -0.1) is 0 Å². The molecule has 0 amide bonds. The first-order chi connectivity index (χ1) is 27.3. The summed E-state index contributed by atoms with van der Waals surface area (Å²) >= 11 is 0. The summed E-state index contributed by atoms with van der Waals surface area (Å²) in [5.41, 5.74) is 14.3. The Bertz CT molecular complexity index is 3000. The molecule has 1 heterocycles. The molecule has 11 rings (SSSR count). The van der Waals surface area contributed by atoms with E-state index in [-0.39, 0.29) is 0 Å². The van der Waals surface area contributed by atoms with Crippen LogP contribution in [0.2, 0.25) is 0 Å². The Balaban J connectivity index is 1.22. The predicted molar refractivity (Wildman–Crippen MR) is 229 cm³/mol. The van der Waals surface area contributed by atoms with Gasteiger partial charge in [-0.25, -0.2) is 0 Å². The number of rotatable bonds is 6. The van der Waals surface area contributed by atoms with Gasteiger partial charge in [0.15, 0.2) is 0 Å². The molecule has 0 N–H and O–H groups in total. The number of fused-ring (bicyclic) bond motifs is 7. The van der Waals surface area contributed by atoms with Gasteiger partial charge in [-0.1, -0.05) is 182 Å². The van der Waals surface area contributed by atoms with Gasteiger partial charge in [0.2, 0.25) is 0 Å². The first-order valence-electron chi connectivity index (χ1n) is 18.9. The SMILES string of the molecule is c1ccc(C2(c3ccccc3)c3ccccc3-c3ccc(N(c4ccccc4-c4cccc5c4oc4ccccc45)c4cccc5ccccc45)cc32)cc1. The molecule has 10 aromatic rings. The molecule has 55 heavy (non-hydrogen) atoms. The molecule has 9 aromatic carbocycles. The van der Waals surface area contributed by atoms with Crippen molar-refractivity contribution >= 4 is 49.8 Å². The van der Waals surface area contributed by atoms with Crippen LogP contribution in [0.15, 0.2) is 217 Å². The molecule has 0 saturated carbocycles. The third-order valence-electron chi connectivity index (χ3n) is 11.5. The first kappa shape index (κ1) is 31.4. The smallest absolute Gasteiger partial charge is 0.143 e. The third-order valence-corrected chi connectivity index (χ3v) is 11.5. The van der Waals surface area contributed by atoms with E-state index in [1.165, 1.54) is 44.2 Å². The van der Waals surface area contributed by atoms with E-state index in [0.717, 1.165) is 50.1 Å². The zero-order valence-corrected chi connectivity index (χ0v) is 30.1. The lowest BCUT2D eigenvalue weighted by molar-refractivity contribution is 0.670. The second-order valence-corrected chi connectivity index (χ2v) is 14.4. The number of benzene rings is 9. The van der Waals surface area contributed by atoms with Crippen molar-refractivity contribution in [3.05, 3.63) is 235 Å². The lowest BCUT2D eigenvalue weighted by atomic mass is 9.67. The molecule has 0 radical (unpaired) electrons. The van der Waals surface area contributed by atoms with Crippen LogP contribution in [0.1, 0.15) is 22.3 Å². The van der Waals surface area contributed by atoms with Crippen molar-refractivity contribution in [2.24, 2.45) is 0 Å². The molecule has 258 valence electrons. The zero-order valence-electron chi connectivity index (χ0n) is 30.1. The zero-order chi connectivity index (χ0) is 36.3. The van der Waals surface area contributed by atoms with Gasteiger partial charge in [0.25, 0.3) is 0 Å². The molecule has 0 saturated heterocycles. The summed E-state index contributed by atoms with van der Waals surface area (Å²) in [5, 5.41) is 4.62. The summed E-state index contributed by atoms with van der Waals surface area (Å²) < 4.78 is 6.66. The van der Waals surface area contributed by atoms with E-state index in [4.69, 9.17) is 4.42 Å². The van der Waals surface area contributed by atoms with Crippen molar-refractivity contribution < 1.29 is 4.42 Å². The lowest BCUT2D eigenvalue weighted by Crippen LogP contribution is -2.28. The maximum atomic E-state index is 6.66. The first-order valence-corrected chi connectivity index (χ1v) is 18.9. The lowest BCUT2D eigenvalue weighted by Gasteiger charge is -2.35. The number of hydrogen-bond acceptors (Lipinski definition) is 2. The van der Waals surface area contributed by atoms with Gasteiger partial charge in [0, 0.05) is 33.0 Å². The predicted octanol–water partition coefficient (Wildman–Crippen LogP) is 14.2. The van der Waals surface area contributed by atoms with Gasteiger partial charge in [-0.2, -0.15) is 0 Å². The monoisotopic (exact) mass is 701 g/mol. The molecule has 0 unspecified atom stereocenters. The van der Waals surface area contributed by atoms with Crippen molar-refractivity contribution in [1.29, 1.82) is 0 Å². The highest BCUT2D eigenvalue weighted by Crippen LogP contribution is 2.57. The highest BCUT2D eigenvalue weighted by Gasteiger charge is 2.46. The number of hydrogen-bond donors (Lipinski definition) is 0. The summed E-state index contributed by atoms with van der Waals surface area (Å²) in [4.78, 5) is 2.46. The molecule has 0 bridgehead atoms. The fourth-order valence-electron chi connectivity index (χ4n) is 9.24. The number of para-hydroxylation sites is 3. The van der Waals surface area contributed by atoms with Gasteiger partial charge in [0.05, 0.1) is 16.8 Å². The van der Waals surface area contributed by atoms with Crippen molar-refractivity contribution in [2.45, 2.75) is 5.41 Å². The topological polar surface area (TPSA) is 16.4 Å². The third kappa shape index (κ3) is 4.68. The maximum absolute atomic E-state index is 6.66. The second-order valence-electron chi connectivity index (χ2n) is 14.4. The summed E-state index contributed by atoms with van der Waals surface area (Å²) in [6.45, 7) is 0. The van der Waals surface area contributed by atoms with Crippen LogP contribution in [0.5, 0.6) is 0 Å². The van der Waals surface area contributed by atoms with Crippen LogP contribution in [-0.2, 0) is 5.41 Å². The van der Waals surface area contributed by atoms with E-state index in [1.54, 1.807) is 0 Å². The Morgan fingerprint density at radius 1 is 0.364 bits per heavy atom. The van der Waals surface area contributed by atoms with Crippen LogP contribution in [-0.4, -0.2) is 0 Å². The van der Waals surface area contributed by atoms with Crippen LogP contribution in [0.4, 0.5) is 17.1 Å². The molecule has 0 fully saturated rings. The highest BCUT2D eigenvalue weighted by molar-refractivity contribution is 6.11. The minimum atomic E-state index is -0.520. The molecule has 0 atom stereocenters. The van der Waals surface area contributed by atoms with Crippen molar-refractivity contribution in [2.75, 3.05) is 4.90 Å². The minimum absolute atomic E-state index is 0.520.